The van der Waals surface area contributed by atoms with Crippen molar-refractivity contribution in [1.82, 2.24) is 10.7 Å². The lowest BCUT2D eigenvalue weighted by Gasteiger charge is -2.10. The molecule has 24 heavy (non-hydrogen) atoms. The van der Waals surface area contributed by atoms with Gasteiger partial charge in [0.25, 0.3) is 5.91 Å². The third-order valence-corrected chi connectivity index (χ3v) is 3.67. The van der Waals surface area contributed by atoms with Gasteiger partial charge in [-0.2, -0.15) is 5.10 Å². The Morgan fingerprint density at radius 3 is 2.71 bits per heavy atom. The fourth-order valence-corrected chi connectivity index (χ4v) is 2.32. The molecule has 1 aromatic rings. The summed E-state index contributed by atoms with van der Waals surface area (Å²) in [6, 6.07) is 6.69. The van der Waals surface area contributed by atoms with E-state index in [2.05, 4.69) is 15.8 Å². The van der Waals surface area contributed by atoms with E-state index in [1.807, 2.05) is 0 Å². The van der Waals surface area contributed by atoms with E-state index in [0.717, 1.165) is 19.4 Å². The van der Waals surface area contributed by atoms with Gasteiger partial charge in [0, 0.05) is 24.4 Å². The van der Waals surface area contributed by atoms with E-state index in [1.54, 1.807) is 38.3 Å². The molecule has 0 spiro atoms. The van der Waals surface area contributed by atoms with Crippen LogP contribution in [-0.4, -0.2) is 43.9 Å². The van der Waals surface area contributed by atoms with Crippen LogP contribution in [0.15, 0.2) is 29.4 Å². The molecule has 1 heterocycles. The van der Waals surface area contributed by atoms with Gasteiger partial charge in [0.2, 0.25) is 5.91 Å². The van der Waals surface area contributed by atoms with Crippen molar-refractivity contribution in [3.63, 3.8) is 0 Å². The summed E-state index contributed by atoms with van der Waals surface area (Å²) in [5, 5.41) is 6.77. The molecule has 1 aliphatic rings. The highest BCUT2D eigenvalue weighted by atomic mass is 16.5. The molecule has 0 bridgehead atoms. The lowest BCUT2D eigenvalue weighted by molar-refractivity contribution is -0.120. The van der Waals surface area contributed by atoms with Crippen LogP contribution in [0.2, 0.25) is 0 Å². The molecule has 1 aromatic carbocycles. The largest absolute Gasteiger partial charge is 0.497 e. The van der Waals surface area contributed by atoms with Gasteiger partial charge in [-0.25, -0.2) is 5.43 Å². The van der Waals surface area contributed by atoms with Crippen molar-refractivity contribution < 1.29 is 19.1 Å². The molecule has 2 amide bonds. The third kappa shape index (κ3) is 5.66. The highest BCUT2D eigenvalue weighted by Gasteiger charge is 2.16. The third-order valence-electron chi connectivity index (χ3n) is 3.67. The summed E-state index contributed by atoms with van der Waals surface area (Å²) < 4.78 is 10.5. The van der Waals surface area contributed by atoms with Crippen LogP contribution in [0.5, 0.6) is 5.75 Å². The smallest absolute Gasteiger partial charge is 0.271 e. The summed E-state index contributed by atoms with van der Waals surface area (Å²) >= 11 is 0. The number of benzene rings is 1. The molecule has 1 aliphatic heterocycles. The lowest BCUT2D eigenvalue weighted by Crippen LogP contribution is -2.33. The Labute approximate surface area is 141 Å². The highest BCUT2D eigenvalue weighted by molar-refractivity contribution is 6.01. The minimum absolute atomic E-state index is 0.112. The summed E-state index contributed by atoms with van der Waals surface area (Å²) in [6.07, 6.45) is 2.26. The summed E-state index contributed by atoms with van der Waals surface area (Å²) in [6.45, 7) is 2.97. The zero-order chi connectivity index (χ0) is 17.4. The number of rotatable bonds is 7. The SMILES string of the molecule is COc1ccc(C(=O)N/N=C(/C)CC(=O)NC[C@H]2CCCO2)cc1. The van der Waals surface area contributed by atoms with E-state index in [1.165, 1.54) is 0 Å². The lowest BCUT2D eigenvalue weighted by atomic mass is 10.2. The maximum absolute atomic E-state index is 12.0. The van der Waals surface area contributed by atoms with E-state index in [4.69, 9.17) is 9.47 Å². The molecule has 0 aliphatic carbocycles. The number of hydrogen-bond acceptors (Lipinski definition) is 5. The van der Waals surface area contributed by atoms with Crippen molar-refractivity contribution in [2.24, 2.45) is 5.10 Å². The molecule has 0 radical (unpaired) electrons. The maximum Gasteiger partial charge on any atom is 0.271 e. The number of amides is 2. The molecule has 1 fully saturated rings. The van der Waals surface area contributed by atoms with E-state index in [9.17, 15) is 9.59 Å². The summed E-state index contributed by atoms with van der Waals surface area (Å²) in [4.78, 5) is 23.8. The van der Waals surface area contributed by atoms with E-state index >= 15 is 0 Å². The van der Waals surface area contributed by atoms with Crippen LogP contribution in [0.1, 0.15) is 36.5 Å². The van der Waals surface area contributed by atoms with Gasteiger partial charge in [-0.1, -0.05) is 0 Å². The minimum atomic E-state index is -0.336. The Bertz CT molecular complexity index is 592. The molecule has 0 saturated carbocycles. The van der Waals surface area contributed by atoms with Gasteiger partial charge in [0.1, 0.15) is 5.75 Å². The van der Waals surface area contributed by atoms with Gasteiger partial charge in [0.15, 0.2) is 0 Å². The predicted molar refractivity (Wildman–Crippen MR) is 90.2 cm³/mol. The van der Waals surface area contributed by atoms with Crippen LogP contribution >= 0.6 is 0 Å². The Hall–Kier alpha value is -2.41. The van der Waals surface area contributed by atoms with E-state index < -0.39 is 0 Å². The van der Waals surface area contributed by atoms with Crippen molar-refractivity contribution >= 4 is 17.5 Å². The number of methoxy groups -OCH3 is 1. The number of carbonyl (C=O) groups is 2. The monoisotopic (exact) mass is 333 g/mol. The quantitative estimate of drug-likeness (QED) is 0.584. The number of nitrogens with zero attached hydrogens (tertiary/aromatic N) is 1. The predicted octanol–water partition coefficient (Wildman–Crippen LogP) is 1.49. The van der Waals surface area contributed by atoms with Crippen LogP contribution in [0, 0.1) is 0 Å². The zero-order valence-electron chi connectivity index (χ0n) is 14.0. The van der Waals surface area contributed by atoms with Crippen molar-refractivity contribution in [3.8, 4) is 5.75 Å². The Balaban J connectivity index is 1.75. The topological polar surface area (TPSA) is 89.0 Å². The molecule has 2 N–H and O–H groups in total. The average Bonchev–Trinajstić information content (AvgIpc) is 3.11. The Morgan fingerprint density at radius 1 is 1.33 bits per heavy atom. The molecular formula is C17H23N3O4. The second-order valence-corrected chi connectivity index (χ2v) is 5.63. The van der Waals surface area contributed by atoms with E-state index in [-0.39, 0.29) is 24.3 Å². The van der Waals surface area contributed by atoms with Crippen LogP contribution in [-0.2, 0) is 9.53 Å². The second kappa shape index (κ2) is 9.02. The molecule has 2 rings (SSSR count). The molecule has 0 unspecified atom stereocenters. The number of hydrogen-bond donors (Lipinski definition) is 2. The number of carbonyl (C=O) groups excluding carboxylic acids is 2. The summed E-state index contributed by atoms with van der Waals surface area (Å²) in [5.41, 5.74) is 3.44. The number of hydrazone groups is 1. The van der Waals surface area contributed by atoms with Crippen molar-refractivity contribution in [2.75, 3.05) is 20.3 Å². The minimum Gasteiger partial charge on any atom is -0.497 e. The maximum atomic E-state index is 12.0. The fraction of sp³-hybridized carbons (Fsp3) is 0.471. The summed E-state index contributed by atoms with van der Waals surface area (Å²) in [5.74, 6) is 0.205. The van der Waals surface area contributed by atoms with Crippen LogP contribution in [0.25, 0.3) is 0 Å². The van der Waals surface area contributed by atoms with Crippen molar-refractivity contribution in [1.29, 1.82) is 0 Å². The van der Waals surface area contributed by atoms with Gasteiger partial charge < -0.3 is 14.8 Å². The van der Waals surface area contributed by atoms with Gasteiger partial charge in [-0.3, -0.25) is 9.59 Å². The summed E-state index contributed by atoms with van der Waals surface area (Å²) in [7, 11) is 1.56. The van der Waals surface area contributed by atoms with E-state index in [0.29, 0.717) is 23.6 Å². The van der Waals surface area contributed by atoms with Crippen LogP contribution in [0.3, 0.4) is 0 Å². The van der Waals surface area contributed by atoms with Gasteiger partial charge in [-0.05, 0) is 44.0 Å². The molecule has 7 nitrogen and oxygen atoms in total. The fourth-order valence-electron chi connectivity index (χ4n) is 2.32. The standard InChI is InChI=1S/C17H23N3O4/c1-12(10-16(21)18-11-15-4-3-9-24-15)19-20-17(22)13-5-7-14(23-2)8-6-13/h5-8,15H,3-4,9-11H2,1-2H3,(H,18,21)(H,20,22)/b19-12-/t15-/m1/s1. The Kier molecular flexibility index (Phi) is 6.74. The first-order valence-corrected chi connectivity index (χ1v) is 7.94. The molecule has 1 atom stereocenters. The molecular weight excluding hydrogens is 310 g/mol. The Morgan fingerprint density at radius 2 is 2.08 bits per heavy atom. The second-order valence-electron chi connectivity index (χ2n) is 5.63. The van der Waals surface area contributed by atoms with Crippen molar-refractivity contribution in [3.05, 3.63) is 29.8 Å². The van der Waals surface area contributed by atoms with Gasteiger partial charge >= 0.3 is 0 Å². The van der Waals surface area contributed by atoms with Gasteiger partial charge in [0.05, 0.1) is 19.6 Å². The first-order valence-electron chi connectivity index (χ1n) is 7.94. The number of nitrogens with one attached hydrogen (secondary N) is 2. The molecule has 130 valence electrons. The molecule has 7 heteroatoms. The van der Waals surface area contributed by atoms with Crippen LogP contribution in [0.4, 0.5) is 0 Å². The zero-order valence-corrected chi connectivity index (χ0v) is 14.0. The van der Waals surface area contributed by atoms with Gasteiger partial charge in [-0.15, -0.1) is 0 Å². The van der Waals surface area contributed by atoms with Crippen LogP contribution < -0.4 is 15.5 Å². The first kappa shape index (κ1) is 17.9. The van der Waals surface area contributed by atoms with Crippen molar-refractivity contribution in [2.45, 2.75) is 32.3 Å². The molecule has 0 aromatic heterocycles. The highest BCUT2D eigenvalue weighted by Crippen LogP contribution is 2.11. The normalized spacial score (nSPS) is 17.4. The molecule has 1 saturated heterocycles. The first-order chi connectivity index (χ1) is 11.6. The number of ether oxygens (including phenoxy) is 2. The average molecular weight is 333 g/mol.